The van der Waals surface area contributed by atoms with E-state index in [9.17, 15) is 14.9 Å². The van der Waals surface area contributed by atoms with Crippen LogP contribution in [0.25, 0.3) is 0 Å². The van der Waals surface area contributed by atoms with E-state index in [4.69, 9.17) is 27.9 Å². The minimum atomic E-state index is -0.600. The molecule has 96 valence electrons. The van der Waals surface area contributed by atoms with E-state index in [0.717, 1.165) is 0 Å². The number of carbonyl (C=O) groups is 1. The topological polar surface area (TPSA) is 69.4 Å². The van der Waals surface area contributed by atoms with Gasteiger partial charge in [-0.15, -0.1) is 0 Å². The molecule has 7 heteroatoms. The molecule has 0 amide bonds. The van der Waals surface area contributed by atoms with Crippen molar-refractivity contribution in [3.05, 3.63) is 37.9 Å². The number of halogens is 2. The maximum absolute atomic E-state index is 11.6. The van der Waals surface area contributed by atoms with Gasteiger partial charge < -0.3 is 4.74 Å². The molecule has 1 aliphatic heterocycles. The molecule has 0 saturated heterocycles. The molecule has 0 fully saturated rings. The zero-order chi connectivity index (χ0) is 13.4. The predicted molar refractivity (Wildman–Crippen MR) is 65.9 cm³/mol. The molecular weight excluding hydrogens is 281 g/mol. The Hall–Kier alpha value is -1.33. The fourth-order valence-electron chi connectivity index (χ4n) is 2.01. The van der Waals surface area contributed by atoms with Crippen molar-refractivity contribution in [1.29, 1.82) is 0 Å². The van der Waals surface area contributed by atoms with Crippen LogP contribution < -0.4 is 4.74 Å². The Bertz CT molecular complexity index is 532. The summed E-state index contributed by atoms with van der Waals surface area (Å²) in [5.41, 5.74) is 0.510. The van der Waals surface area contributed by atoms with Crippen LogP contribution in [-0.4, -0.2) is 17.4 Å². The van der Waals surface area contributed by atoms with E-state index in [2.05, 4.69) is 0 Å². The smallest absolute Gasteiger partial charge is 0.314 e. The summed E-state index contributed by atoms with van der Waals surface area (Å²) >= 11 is 11.8. The molecule has 2 atom stereocenters. The lowest BCUT2D eigenvalue weighted by Crippen LogP contribution is -2.33. The second-order valence-corrected chi connectivity index (χ2v) is 4.98. The van der Waals surface area contributed by atoms with Crippen molar-refractivity contribution in [3.8, 4) is 5.75 Å². The zero-order valence-electron chi connectivity index (χ0n) is 9.35. The van der Waals surface area contributed by atoms with Crippen molar-refractivity contribution in [2.24, 2.45) is 5.92 Å². The molecule has 1 heterocycles. The molecule has 0 radical (unpaired) electrons. The third-order valence-electron chi connectivity index (χ3n) is 2.96. The highest BCUT2D eigenvalue weighted by molar-refractivity contribution is 6.35. The lowest BCUT2D eigenvalue weighted by atomic mass is 9.85. The average Bonchev–Trinajstić information content (AvgIpc) is 2.26. The van der Waals surface area contributed by atoms with E-state index >= 15 is 0 Å². The number of fused-ring (bicyclic) bond motifs is 1. The molecule has 0 N–H and O–H groups in total. The van der Waals surface area contributed by atoms with Crippen LogP contribution in [0.4, 0.5) is 0 Å². The summed E-state index contributed by atoms with van der Waals surface area (Å²) in [5, 5.41) is 11.2. The largest absolute Gasteiger partial charge is 0.424 e. The maximum atomic E-state index is 11.6. The van der Waals surface area contributed by atoms with Crippen molar-refractivity contribution in [3.63, 3.8) is 0 Å². The molecule has 0 spiro atoms. The van der Waals surface area contributed by atoms with Crippen LogP contribution in [0.1, 0.15) is 18.4 Å². The first kappa shape index (κ1) is 13.1. The highest BCUT2D eigenvalue weighted by Crippen LogP contribution is 2.43. The van der Waals surface area contributed by atoms with Gasteiger partial charge in [0.15, 0.2) is 5.75 Å². The molecule has 0 bridgehead atoms. The minimum Gasteiger partial charge on any atom is -0.424 e. The lowest BCUT2D eigenvalue weighted by Gasteiger charge is -2.27. The molecule has 0 aliphatic carbocycles. The molecule has 1 aromatic carbocycles. The van der Waals surface area contributed by atoms with E-state index in [0.29, 0.717) is 10.6 Å². The summed E-state index contributed by atoms with van der Waals surface area (Å²) in [6.07, 6.45) is 0. The van der Waals surface area contributed by atoms with Gasteiger partial charge in [0, 0.05) is 15.5 Å². The van der Waals surface area contributed by atoms with Crippen LogP contribution in [-0.2, 0) is 4.79 Å². The second kappa shape index (κ2) is 4.74. The van der Waals surface area contributed by atoms with Crippen LogP contribution >= 0.6 is 23.2 Å². The van der Waals surface area contributed by atoms with Gasteiger partial charge in [0.1, 0.15) is 0 Å². The molecule has 2 unspecified atom stereocenters. The number of esters is 1. The highest BCUT2D eigenvalue weighted by Gasteiger charge is 2.39. The van der Waals surface area contributed by atoms with Crippen LogP contribution in [0.3, 0.4) is 0 Å². The van der Waals surface area contributed by atoms with Gasteiger partial charge in [-0.2, -0.15) is 0 Å². The summed E-state index contributed by atoms with van der Waals surface area (Å²) in [7, 11) is 0. The van der Waals surface area contributed by atoms with Crippen molar-refractivity contribution >= 4 is 29.2 Å². The summed E-state index contributed by atoms with van der Waals surface area (Å²) < 4.78 is 5.09. The molecule has 1 aromatic rings. The Morgan fingerprint density at radius 3 is 2.72 bits per heavy atom. The first-order chi connectivity index (χ1) is 8.40. The van der Waals surface area contributed by atoms with Gasteiger partial charge in [-0.3, -0.25) is 14.9 Å². The Morgan fingerprint density at radius 1 is 1.44 bits per heavy atom. The third kappa shape index (κ3) is 2.28. The fraction of sp³-hybridized carbons (Fsp3) is 0.364. The summed E-state index contributed by atoms with van der Waals surface area (Å²) in [4.78, 5) is 21.9. The fourth-order valence-corrected chi connectivity index (χ4v) is 2.56. The molecule has 18 heavy (non-hydrogen) atoms. The quantitative estimate of drug-likeness (QED) is 0.363. The third-order valence-corrected chi connectivity index (χ3v) is 3.46. The van der Waals surface area contributed by atoms with Crippen molar-refractivity contribution < 1.29 is 14.5 Å². The standard InChI is InChI=1S/C11H9Cl2NO4/c1-5-8(4-14(16)17)7-2-6(12)3-9(13)10(7)18-11(5)15/h2-3,5,8H,4H2,1H3. The van der Waals surface area contributed by atoms with Crippen LogP contribution in [0.5, 0.6) is 5.75 Å². The number of carbonyl (C=O) groups excluding carboxylic acids is 1. The van der Waals surface area contributed by atoms with Gasteiger partial charge in [0.25, 0.3) is 0 Å². The first-order valence-corrected chi connectivity index (χ1v) is 5.98. The van der Waals surface area contributed by atoms with Gasteiger partial charge in [0.2, 0.25) is 6.54 Å². The first-order valence-electron chi connectivity index (χ1n) is 5.22. The van der Waals surface area contributed by atoms with Crippen molar-refractivity contribution in [2.45, 2.75) is 12.8 Å². The number of nitro groups is 1. The Balaban J connectivity index is 2.54. The lowest BCUT2D eigenvalue weighted by molar-refractivity contribution is -0.484. The van der Waals surface area contributed by atoms with Gasteiger partial charge in [-0.05, 0) is 12.1 Å². The van der Waals surface area contributed by atoms with Crippen molar-refractivity contribution in [2.75, 3.05) is 6.54 Å². The van der Waals surface area contributed by atoms with E-state index in [1.54, 1.807) is 13.0 Å². The molecule has 0 aromatic heterocycles. The highest BCUT2D eigenvalue weighted by atomic mass is 35.5. The Kier molecular flexibility index (Phi) is 3.45. The summed E-state index contributed by atoms with van der Waals surface area (Å²) in [6, 6.07) is 2.99. The molecular formula is C11H9Cl2NO4. The zero-order valence-corrected chi connectivity index (χ0v) is 10.9. The molecule has 0 saturated carbocycles. The number of nitrogens with zero attached hydrogens (tertiary/aromatic N) is 1. The molecule has 5 nitrogen and oxygen atoms in total. The second-order valence-electron chi connectivity index (χ2n) is 4.14. The number of rotatable bonds is 2. The maximum Gasteiger partial charge on any atom is 0.314 e. The minimum absolute atomic E-state index is 0.177. The van der Waals surface area contributed by atoms with Crippen molar-refractivity contribution in [1.82, 2.24) is 0 Å². The van der Waals surface area contributed by atoms with Crippen LogP contribution in [0.2, 0.25) is 10.0 Å². The van der Waals surface area contributed by atoms with E-state index < -0.39 is 22.7 Å². The predicted octanol–water partition coefficient (Wildman–Crippen LogP) is 2.91. The van der Waals surface area contributed by atoms with Gasteiger partial charge >= 0.3 is 5.97 Å². The van der Waals surface area contributed by atoms with Crippen LogP contribution in [0, 0.1) is 16.0 Å². The van der Waals surface area contributed by atoms with Gasteiger partial charge in [0.05, 0.1) is 16.9 Å². The summed E-state index contributed by atoms with van der Waals surface area (Å²) in [5.74, 6) is -1.51. The number of benzene rings is 1. The summed E-state index contributed by atoms with van der Waals surface area (Å²) in [6.45, 7) is 1.23. The number of ether oxygens (including phenoxy) is 1. The Morgan fingerprint density at radius 2 is 2.11 bits per heavy atom. The van der Waals surface area contributed by atoms with E-state index in [1.165, 1.54) is 6.07 Å². The monoisotopic (exact) mass is 289 g/mol. The molecule has 2 rings (SSSR count). The average molecular weight is 290 g/mol. The van der Waals surface area contributed by atoms with E-state index in [1.807, 2.05) is 0 Å². The van der Waals surface area contributed by atoms with Crippen LogP contribution in [0.15, 0.2) is 12.1 Å². The van der Waals surface area contributed by atoms with Gasteiger partial charge in [-0.1, -0.05) is 30.1 Å². The van der Waals surface area contributed by atoms with E-state index in [-0.39, 0.29) is 17.3 Å². The molecule has 1 aliphatic rings. The SMILES string of the molecule is CC1C(=O)Oc2c(Cl)cc(Cl)cc2C1C[N+](=O)[O-]. The van der Waals surface area contributed by atoms with Gasteiger partial charge in [-0.25, -0.2) is 0 Å². The normalized spacial score (nSPS) is 22.3. The Labute approximate surface area is 113 Å². The number of hydrogen-bond acceptors (Lipinski definition) is 4. The number of hydrogen-bond donors (Lipinski definition) is 0.